The van der Waals surface area contributed by atoms with Gasteiger partial charge in [0.1, 0.15) is 5.76 Å². The van der Waals surface area contributed by atoms with E-state index in [2.05, 4.69) is 22.7 Å². The summed E-state index contributed by atoms with van der Waals surface area (Å²) in [5, 5.41) is 9.60. The first-order valence-corrected chi connectivity index (χ1v) is 8.02. The van der Waals surface area contributed by atoms with Crippen molar-refractivity contribution in [2.45, 2.75) is 19.9 Å². The molecule has 2 heterocycles. The summed E-state index contributed by atoms with van der Waals surface area (Å²) >= 11 is 1.31. The molecule has 21 heavy (non-hydrogen) atoms. The molecule has 0 bridgehead atoms. The molecule has 2 N–H and O–H groups in total. The molecule has 8 heteroatoms. The Labute approximate surface area is 127 Å². The molecule has 7 nitrogen and oxygen atoms in total. The second-order valence-electron chi connectivity index (χ2n) is 5.06. The average Bonchev–Trinajstić information content (AvgIpc) is 2.84. The zero-order valence-electron chi connectivity index (χ0n) is 12.2. The van der Waals surface area contributed by atoms with E-state index in [0.717, 1.165) is 19.6 Å². The SMILES string of the molecule is Cc1cc(NC(=O)CSCC(=O)N2CCNC(C)C2)no1. The maximum Gasteiger partial charge on any atom is 0.235 e. The molecular weight excluding hydrogens is 292 g/mol. The fourth-order valence-electron chi connectivity index (χ4n) is 2.09. The van der Waals surface area contributed by atoms with Crippen LogP contribution in [0.1, 0.15) is 12.7 Å². The number of piperazine rings is 1. The molecule has 1 aliphatic heterocycles. The summed E-state index contributed by atoms with van der Waals surface area (Å²) in [5.41, 5.74) is 0. The highest BCUT2D eigenvalue weighted by atomic mass is 32.2. The topological polar surface area (TPSA) is 87.5 Å². The number of aromatic nitrogens is 1. The Bertz CT molecular complexity index is 505. The van der Waals surface area contributed by atoms with Crippen LogP contribution in [0.15, 0.2) is 10.6 Å². The van der Waals surface area contributed by atoms with Crippen LogP contribution in [0.5, 0.6) is 0 Å². The molecule has 1 fully saturated rings. The Morgan fingerprint density at radius 2 is 2.38 bits per heavy atom. The number of anilines is 1. The van der Waals surface area contributed by atoms with E-state index < -0.39 is 0 Å². The van der Waals surface area contributed by atoms with Crippen LogP contribution >= 0.6 is 11.8 Å². The van der Waals surface area contributed by atoms with Crippen molar-refractivity contribution < 1.29 is 14.1 Å². The van der Waals surface area contributed by atoms with Crippen molar-refractivity contribution in [3.05, 3.63) is 11.8 Å². The second kappa shape index (κ2) is 7.46. The summed E-state index contributed by atoms with van der Waals surface area (Å²) in [6.45, 7) is 6.09. The zero-order valence-corrected chi connectivity index (χ0v) is 13.0. The molecule has 1 aliphatic rings. The summed E-state index contributed by atoms with van der Waals surface area (Å²) in [7, 11) is 0. The van der Waals surface area contributed by atoms with E-state index in [1.807, 2.05) is 4.90 Å². The Hall–Kier alpha value is -1.54. The summed E-state index contributed by atoms with van der Waals surface area (Å²) in [6.07, 6.45) is 0. The van der Waals surface area contributed by atoms with Gasteiger partial charge in [-0.15, -0.1) is 11.8 Å². The molecule has 0 spiro atoms. The van der Waals surface area contributed by atoms with Crippen LogP contribution in [-0.2, 0) is 9.59 Å². The first-order chi connectivity index (χ1) is 10.0. The van der Waals surface area contributed by atoms with Gasteiger partial charge in [-0.2, -0.15) is 0 Å². The van der Waals surface area contributed by atoms with Crippen LogP contribution < -0.4 is 10.6 Å². The van der Waals surface area contributed by atoms with Crippen molar-refractivity contribution in [2.75, 3.05) is 36.5 Å². The van der Waals surface area contributed by atoms with Gasteiger partial charge in [0, 0.05) is 31.7 Å². The Morgan fingerprint density at radius 3 is 3.05 bits per heavy atom. The van der Waals surface area contributed by atoms with Crippen LogP contribution in [-0.4, -0.2) is 59.1 Å². The van der Waals surface area contributed by atoms with Gasteiger partial charge >= 0.3 is 0 Å². The maximum absolute atomic E-state index is 12.0. The molecule has 1 saturated heterocycles. The summed E-state index contributed by atoms with van der Waals surface area (Å²) in [4.78, 5) is 25.5. The molecule has 2 rings (SSSR count). The third-order valence-electron chi connectivity index (χ3n) is 3.08. The second-order valence-corrected chi connectivity index (χ2v) is 6.04. The molecule has 1 aromatic heterocycles. The lowest BCUT2D eigenvalue weighted by Gasteiger charge is -2.31. The van der Waals surface area contributed by atoms with E-state index >= 15 is 0 Å². The van der Waals surface area contributed by atoms with Crippen molar-refractivity contribution in [3.63, 3.8) is 0 Å². The molecule has 116 valence electrons. The van der Waals surface area contributed by atoms with Gasteiger partial charge in [0.05, 0.1) is 11.5 Å². The van der Waals surface area contributed by atoms with Gasteiger partial charge in [0.2, 0.25) is 11.8 Å². The number of thioether (sulfide) groups is 1. The van der Waals surface area contributed by atoms with Gasteiger partial charge in [0.15, 0.2) is 5.82 Å². The fraction of sp³-hybridized carbons (Fsp3) is 0.615. The van der Waals surface area contributed by atoms with E-state index in [1.165, 1.54) is 11.8 Å². The normalized spacial score (nSPS) is 18.6. The van der Waals surface area contributed by atoms with E-state index in [4.69, 9.17) is 4.52 Å². The average molecular weight is 312 g/mol. The highest BCUT2D eigenvalue weighted by Crippen LogP contribution is 2.09. The predicted octanol–water partition coefficient (Wildman–Crippen LogP) is 0.475. The number of carbonyl (C=O) groups is 2. The van der Waals surface area contributed by atoms with Crippen LogP contribution in [0.25, 0.3) is 0 Å². The van der Waals surface area contributed by atoms with Gasteiger partial charge in [-0.1, -0.05) is 5.16 Å². The lowest BCUT2D eigenvalue weighted by atomic mass is 10.2. The van der Waals surface area contributed by atoms with Crippen LogP contribution in [0.2, 0.25) is 0 Å². The van der Waals surface area contributed by atoms with Gasteiger partial charge in [-0.25, -0.2) is 0 Å². The molecule has 0 aliphatic carbocycles. The standard InChI is InChI=1S/C13H20N4O3S/c1-9-6-17(4-3-14-9)13(19)8-21-7-12(18)15-11-5-10(2)20-16-11/h5,9,14H,3-4,6-8H2,1-2H3,(H,15,16,18). The van der Waals surface area contributed by atoms with E-state index in [-0.39, 0.29) is 17.6 Å². The molecule has 1 atom stereocenters. The van der Waals surface area contributed by atoms with Gasteiger partial charge in [-0.05, 0) is 13.8 Å². The molecule has 0 saturated carbocycles. The molecule has 1 aromatic rings. The minimum absolute atomic E-state index is 0.0819. The van der Waals surface area contributed by atoms with Crippen LogP contribution in [0.4, 0.5) is 5.82 Å². The minimum atomic E-state index is -0.185. The van der Waals surface area contributed by atoms with Gasteiger partial charge < -0.3 is 20.1 Å². The molecule has 2 amide bonds. The van der Waals surface area contributed by atoms with Crippen molar-refractivity contribution in [1.82, 2.24) is 15.4 Å². The first-order valence-electron chi connectivity index (χ1n) is 6.86. The summed E-state index contributed by atoms with van der Waals surface area (Å²) in [5.74, 6) is 1.48. The van der Waals surface area contributed by atoms with E-state index in [0.29, 0.717) is 23.4 Å². The van der Waals surface area contributed by atoms with Gasteiger partial charge in [0.25, 0.3) is 0 Å². The number of nitrogens with zero attached hydrogens (tertiary/aromatic N) is 2. The number of nitrogens with one attached hydrogen (secondary N) is 2. The highest BCUT2D eigenvalue weighted by Gasteiger charge is 2.20. The third-order valence-corrected chi connectivity index (χ3v) is 3.99. The smallest absolute Gasteiger partial charge is 0.235 e. The van der Waals surface area contributed by atoms with Crippen LogP contribution in [0.3, 0.4) is 0 Å². The lowest BCUT2D eigenvalue weighted by molar-refractivity contribution is -0.129. The van der Waals surface area contributed by atoms with Crippen LogP contribution in [0, 0.1) is 6.92 Å². The van der Waals surface area contributed by atoms with E-state index in [1.54, 1.807) is 13.0 Å². The minimum Gasteiger partial charge on any atom is -0.360 e. The van der Waals surface area contributed by atoms with Crippen molar-refractivity contribution in [3.8, 4) is 0 Å². The largest absolute Gasteiger partial charge is 0.360 e. The highest BCUT2D eigenvalue weighted by molar-refractivity contribution is 8.00. The Kier molecular flexibility index (Phi) is 5.63. The first kappa shape index (κ1) is 15.8. The Balaban J connectivity index is 1.66. The van der Waals surface area contributed by atoms with Crippen molar-refractivity contribution in [1.29, 1.82) is 0 Å². The van der Waals surface area contributed by atoms with Gasteiger partial charge in [-0.3, -0.25) is 9.59 Å². The molecule has 1 unspecified atom stereocenters. The number of aryl methyl sites for hydroxylation is 1. The third kappa shape index (κ3) is 5.05. The maximum atomic E-state index is 12.0. The van der Waals surface area contributed by atoms with Crippen molar-refractivity contribution >= 4 is 29.4 Å². The number of amides is 2. The molecular formula is C13H20N4O3S. The number of hydrogen-bond donors (Lipinski definition) is 2. The fourth-order valence-corrected chi connectivity index (χ4v) is 2.80. The predicted molar refractivity (Wildman–Crippen MR) is 81.2 cm³/mol. The summed E-state index contributed by atoms with van der Waals surface area (Å²) < 4.78 is 4.86. The number of hydrogen-bond acceptors (Lipinski definition) is 6. The monoisotopic (exact) mass is 312 g/mol. The van der Waals surface area contributed by atoms with Crippen molar-refractivity contribution in [2.24, 2.45) is 0 Å². The quantitative estimate of drug-likeness (QED) is 0.822. The summed E-state index contributed by atoms with van der Waals surface area (Å²) in [6, 6.07) is 1.97. The molecule has 0 radical (unpaired) electrons. The lowest BCUT2D eigenvalue weighted by Crippen LogP contribution is -2.51. The zero-order chi connectivity index (χ0) is 15.2. The Morgan fingerprint density at radius 1 is 1.57 bits per heavy atom. The molecule has 0 aromatic carbocycles. The van der Waals surface area contributed by atoms with E-state index in [9.17, 15) is 9.59 Å². The number of carbonyl (C=O) groups excluding carboxylic acids is 2. The number of rotatable bonds is 5.